The van der Waals surface area contributed by atoms with E-state index >= 15 is 0 Å². The molecule has 1 unspecified atom stereocenters. The van der Waals surface area contributed by atoms with Crippen LogP contribution in [-0.4, -0.2) is 58.6 Å². The van der Waals surface area contributed by atoms with Gasteiger partial charge in [-0.1, -0.05) is 46.4 Å². The zero-order valence-corrected chi connectivity index (χ0v) is 23.3. The maximum Gasteiger partial charge on any atom is 0.347 e. The number of hydroxylamine groups is 2. The van der Waals surface area contributed by atoms with E-state index in [4.69, 9.17) is 46.4 Å². The minimum atomic E-state index is -1.17. The molecule has 0 spiro atoms. The third kappa shape index (κ3) is 6.35. The molecular formula is C24H26Cl4N4O5. The molecule has 2 aromatic carbocycles. The summed E-state index contributed by atoms with van der Waals surface area (Å²) in [5, 5.41) is 15.1. The molecule has 1 atom stereocenters. The number of halogens is 4. The Hall–Kier alpha value is -2.43. The van der Waals surface area contributed by atoms with Crippen LogP contribution in [0.2, 0.25) is 20.1 Å². The summed E-state index contributed by atoms with van der Waals surface area (Å²) < 4.78 is 4.67. The van der Waals surface area contributed by atoms with E-state index in [1.807, 2.05) is 0 Å². The van der Waals surface area contributed by atoms with E-state index in [1.165, 1.54) is 47.2 Å². The molecule has 1 heterocycles. The molecule has 0 aliphatic carbocycles. The van der Waals surface area contributed by atoms with Crippen molar-refractivity contribution >= 4 is 75.8 Å². The number of rotatable bonds is 8. The Morgan fingerprint density at radius 3 is 2.24 bits per heavy atom. The van der Waals surface area contributed by atoms with Crippen molar-refractivity contribution in [2.45, 2.75) is 44.8 Å². The lowest BCUT2D eigenvalue weighted by atomic mass is 9.99. The molecule has 2 N–H and O–H groups in total. The average Bonchev–Trinajstić information content (AvgIpc) is 3.04. The van der Waals surface area contributed by atoms with Crippen LogP contribution in [0.4, 0.5) is 21.0 Å². The van der Waals surface area contributed by atoms with Gasteiger partial charge in [0.05, 0.1) is 32.7 Å². The number of benzene rings is 2. The van der Waals surface area contributed by atoms with Gasteiger partial charge >= 0.3 is 18.0 Å². The lowest BCUT2D eigenvalue weighted by Crippen LogP contribution is -2.58. The first kappa shape index (κ1) is 29.1. The molecule has 0 bridgehead atoms. The lowest BCUT2D eigenvalue weighted by Gasteiger charge is -2.38. The summed E-state index contributed by atoms with van der Waals surface area (Å²) in [6.07, 6.45) is 0.0232. The molecule has 1 aliphatic heterocycles. The van der Waals surface area contributed by atoms with E-state index in [1.54, 1.807) is 19.9 Å². The molecular weight excluding hydrogens is 566 g/mol. The summed E-state index contributed by atoms with van der Waals surface area (Å²) in [6.45, 7) is 3.71. The molecule has 0 saturated carbocycles. The van der Waals surface area contributed by atoms with Gasteiger partial charge in [0.1, 0.15) is 0 Å². The third-order valence-corrected chi connectivity index (χ3v) is 7.52. The van der Waals surface area contributed by atoms with E-state index in [9.17, 15) is 19.6 Å². The molecule has 3 rings (SSSR count). The maximum absolute atomic E-state index is 13.7. The number of amides is 4. The highest BCUT2D eigenvalue weighted by molar-refractivity contribution is 6.42. The molecule has 37 heavy (non-hydrogen) atoms. The molecule has 9 nitrogen and oxygen atoms in total. The van der Waals surface area contributed by atoms with Gasteiger partial charge in [0, 0.05) is 24.3 Å². The maximum atomic E-state index is 13.7. The van der Waals surface area contributed by atoms with Gasteiger partial charge < -0.3 is 15.0 Å². The van der Waals surface area contributed by atoms with Gasteiger partial charge in [-0.25, -0.2) is 9.59 Å². The molecule has 1 fully saturated rings. The highest BCUT2D eigenvalue weighted by atomic mass is 35.5. The zero-order valence-electron chi connectivity index (χ0n) is 20.3. The third-order valence-electron chi connectivity index (χ3n) is 6.04. The second-order valence-electron chi connectivity index (χ2n) is 8.87. The van der Waals surface area contributed by atoms with Crippen LogP contribution in [0.5, 0.6) is 0 Å². The van der Waals surface area contributed by atoms with Crippen molar-refractivity contribution in [3.8, 4) is 0 Å². The smallest absolute Gasteiger partial charge is 0.347 e. The van der Waals surface area contributed by atoms with Crippen LogP contribution in [0.3, 0.4) is 0 Å². The average molecular weight is 592 g/mol. The number of hydrogen-bond donors (Lipinski definition) is 2. The summed E-state index contributed by atoms with van der Waals surface area (Å²) >= 11 is 24.3. The number of carbonyl (C=O) groups is 3. The van der Waals surface area contributed by atoms with Gasteiger partial charge in [-0.15, -0.1) is 0 Å². The van der Waals surface area contributed by atoms with Gasteiger partial charge in [0.2, 0.25) is 0 Å². The van der Waals surface area contributed by atoms with Gasteiger partial charge in [-0.2, -0.15) is 5.06 Å². The van der Waals surface area contributed by atoms with E-state index in [0.717, 1.165) is 0 Å². The van der Waals surface area contributed by atoms with E-state index in [-0.39, 0.29) is 34.0 Å². The fourth-order valence-electron chi connectivity index (χ4n) is 4.12. The largest absolute Gasteiger partial charge is 0.469 e. The van der Waals surface area contributed by atoms with Crippen LogP contribution < -0.4 is 10.2 Å². The molecule has 1 aliphatic rings. The van der Waals surface area contributed by atoms with Crippen molar-refractivity contribution in [1.29, 1.82) is 0 Å². The Bertz CT molecular complexity index is 1200. The Balaban J connectivity index is 1.92. The Kier molecular flexibility index (Phi) is 9.42. The van der Waals surface area contributed by atoms with Crippen LogP contribution in [0.25, 0.3) is 0 Å². The van der Waals surface area contributed by atoms with Crippen LogP contribution in [0, 0.1) is 0 Å². The van der Waals surface area contributed by atoms with Crippen LogP contribution in [-0.2, 0) is 9.53 Å². The monoisotopic (exact) mass is 590 g/mol. The normalized spacial score (nSPS) is 16.6. The van der Waals surface area contributed by atoms with E-state index < -0.39 is 23.8 Å². The molecule has 2 aromatic rings. The second kappa shape index (κ2) is 12.0. The van der Waals surface area contributed by atoms with Gasteiger partial charge in [0.25, 0.3) is 0 Å². The fourth-order valence-corrected chi connectivity index (χ4v) is 4.71. The summed E-state index contributed by atoms with van der Waals surface area (Å²) in [5.74, 6) is -0.345. The number of carbonyl (C=O) groups excluding carboxylic acids is 3. The first-order chi connectivity index (χ1) is 17.4. The predicted octanol–water partition coefficient (Wildman–Crippen LogP) is 6.91. The summed E-state index contributed by atoms with van der Waals surface area (Å²) in [7, 11) is 1.31. The lowest BCUT2D eigenvalue weighted by molar-refractivity contribution is -0.140. The number of unbranched alkanes of at least 4 members (excludes halogenated alkanes) is 1. The van der Waals surface area contributed by atoms with Crippen LogP contribution >= 0.6 is 46.4 Å². The van der Waals surface area contributed by atoms with Crippen molar-refractivity contribution in [1.82, 2.24) is 9.96 Å². The number of ether oxygens (including phenoxy) is 1. The Labute approximate surface area is 234 Å². The van der Waals surface area contributed by atoms with Gasteiger partial charge in [-0.3, -0.25) is 14.9 Å². The topological polar surface area (TPSA) is 102 Å². The van der Waals surface area contributed by atoms with Crippen molar-refractivity contribution in [2.24, 2.45) is 0 Å². The van der Waals surface area contributed by atoms with Crippen LogP contribution in [0.1, 0.15) is 33.1 Å². The Morgan fingerprint density at radius 1 is 1.03 bits per heavy atom. The number of nitrogens with zero attached hydrogens (tertiary/aromatic N) is 3. The number of hydrogen-bond acceptors (Lipinski definition) is 5. The minimum absolute atomic E-state index is 0.199. The number of methoxy groups -OCH3 is 1. The quantitative estimate of drug-likeness (QED) is 0.150. The number of anilines is 2. The molecule has 0 aromatic heterocycles. The number of nitrogens with one attached hydrogen (secondary N) is 1. The first-order valence-corrected chi connectivity index (χ1v) is 12.8. The molecule has 0 radical (unpaired) electrons. The summed E-state index contributed by atoms with van der Waals surface area (Å²) in [4.78, 5) is 41.0. The van der Waals surface area contributed by atoms with Crippen molar-refractivity contribution in [3.05, 3.63) is 56.5 Å². The van der Waals surface area contributed by atoms with Crippen molar-refractivity contribution in [2.75, 3.05) is 23.9 Å². The van der Waals surface area contributed by atoms with Gasteiger partial charge in [0.15, 0.2) is 6.17 Å². The Morgan fingerprint density at radius 2 is 1.65 bits per heavy atom. The standard InChI is InChI=1S/C24H26Cl4N4O5/c1-24(2)21(32(36)22(34)29-14-7-9-16(25)18(27)12-14)31(15-8-10-17(26)19(28)13-15)23(35)30(24)11-5-4-6-20(33)37-3/h7-10,12-13,21,36H,4-6,11H2,1-3H3,(H,29,34). The van der Waals surface area contributed by atoms with Gasteiger partial charge in [-0.05, 0) is 63.1 Å². The van der Waals surface area contributed by atoms with E-state index in [2.05, 4.69) is 10.1 Å². The fraction of sp³-hybridized carbons (Fsp3) is 0.375. The van der Waals surface area contributed by atoms with Crippen molar-refractivity contribution < 1.29 is 24.3 Å². The number of urea groups is 2. The zero-order chi connectivity index (χ0) is 27.5. The van der Waals surface area contributed by atoms with E-state index in [0.29, 0.717) is 34.3 Å². The summed E-state index contributed by atoms with van der Waals surface area (Å²) in [6, 6.07) is 7.67. The molecule has 1 saturated heterocycles. The predicted molar refractivity (Wildman–Crippen MR) is 144 cm³/mol. The second-order valence-corrected chi connectivity index (χ2v) is 10.5. The van der Waals surface area contributed by atoms with Crippen LogP contribution in [0.15, 0.2) is 36.4 Å². The SMILES string of the molecule is COC(=O)CCCCN1C(=O)N(c2ccc(Cl)c(Cl)c2)C(N(O)C(=O)Nc2ccc(Cl)c(Cl)c2)C1(C)C. The summed E-state index contributed by atoms with van der Waals surface area (Å²) in [5.41, 5.74) is -0.449. The molecule has 13 heteroatoms. The first-order valence-electron chi connectivity index (χ1n) is 11.2. The van der Waals surface area contributed by atoms with Crippen molar-refractivity contribution in [3.63, 3.8) is 0 Å². The minimum Gasteiger partial charge on any atom is -0.469 e. The highest BCUT2D eigenvalue weighted by Crippen LogP contribution is 2.40. The number of esters is 1. The molecule has 200 valence electrons. The molecule has 4 amide bonds. The highest BCUT2D eigenvalue weighted by Gasteiger charge is 2.55.